The molecule has 2 aliphatic rings. The number of rotatable bonds is 6. The van der Waals surface area contributed by atoms with Crippen molar-refractivity contribution in [2.24, 2.45) is 7.05 Å². The van der Waals surface area contributed by atoms with Crippen molar-refractivity contribution in [2.75, 3.05) is 19.6 Å². The van der Waals surface area contributed by atoms with Gasteiger partial charge in [0, 0.05) is 61.3 Å². The van der Waals surface area contributed by atoms with Crippen LogP contribution in [0.25, 0.3) is 11.3 Å². The molecule has 3 aromatic rings. The van der Waals surface area contributed by atoms with Gasteiger partial charge < -0.3 is 10.2 Å². The van der Waals surface area contributed by atoms with Crippen LogP contribution in [0, 0.1) is 0 Å². The van der Waals surface area contributed by atoms with E-state index in [4.69, 9.17) is 4.98 Å². The summed E-state index contributed by atoms with van der Waals surface area (Å²) in [6, 6.07) is 10.7. The molecule has 0 radical (unpaired) electrons. The molecule has 3 heterocycles. The Hall–Kier alpha value is -2.51. The third-order valence-electron chi connectivity index (χ3n) is 6.94. The summed E-state index contributed by atoms with van der Waals surface area (Å²) in [5.41, 5.74) is 5.32. The van der Waals surface area contributed by atoms with E-state index in [0.29, 0.717) is 11.7 Å². The number of carbonyl (C=O) groups is 1. The van der Waals surface area contributed by atoms with Gasteiger partial charge in [0.15, 0.2) is 5.69 Å². The number of hydrogen-bond acceptors (Lipinski definition) is 5. The number of nitrogens with zero attached hydrogens (tertiary/aromatic N) is 4. The highest BCUT2D eigenvalue weighted by atomic mass is 32.1. The van der Waals surface area contributed by atoms with E-state index in [1.165, 1.54) is 24.1 Å². The zero-order valence-corrected chi connectivity index (χ0v) is 20.2. The minimum Gasteiger partial charge on any atom is -0.337 e. The standard InChI is InChI=1S/C26H33N5OS/c1-30-23-12-11-20(17-21(23)25(29-30)26(32)31-15-7-2-3-8-16-31)27-14-13-24-28-22(18-33-24)19-9-5-4-6-10-19/h4-6,9-10,18,20,27H,2-3,7-8,11-17H2,1H3/t20-/m0/s1. The molecule has 1 N–H and O–H groups in total. The third-order valence-corrected chi connectivity index (χ3v) is 7.85. The van der Waals surface area contributed by atoms with E-state index >= 15 is 0 Å². The Balaban J connectivity index is 1.20. The largest absolute Gasteiger partial charge is 0.337 e. The molecule has 174 valence electrons. The lowest BCUT2D eigenvalue weighted by molar-refractivity contribution is 0.0753. The molecule has 1 aromatic carbocycles. The number of hydrogen-bond donors (Lipinski definition) is 1. The zero-order chi connectivity index (χ0) is 22.6. The van der Waals surface area contributed by atoms with Gasteiger partial charge in [-0.25, -0.2) is 4.98 Å². The first-order valence-electron chi connectivity index (χ1n) is 12.3. The molecule has 0 spiro atoms. The Bertz CT molecular complexity index is 1080. The Morgan fingerprint density at radius 1 is 1.15 bits per heavy atom. The van der Waals surface area contributed by atoms with Crippen molar-refractivity contribution in [3.63, 3.8) is 0 Å². The summed E-state index contributed by atoms with van der Waals surface area (Å²) in [4.78, 5) is 20.1. The molecule has 33 heavy (non-hydrogen) atoms. The van der Waals surface area contributed by atoms with E-state index in [2.05, 4.69) is 40.1 Å². The van der Waals surface area contributed by atoms with Crippen LogP contribution in [-0.2, 0) is 26.3 Å². The molecule has 0 saturated carbocycles. The molecule has 0 bridgehead atoms. The molecule has 2 aromatic heterocycles. The number of fused-ring (bicyclic) bond motifs is 1. The molecule has 7 heteroatoms. The average Bonchev–Trinajstić information content (AvgIpc) is 3.33. The number of likely N-dealkylation sites (tertiary alicyclic amines) is 1. The molecule has 5 rings (SSSR count). The third kappa shape index (κ3) is 5.04. The summed E-state index contributed by atoms with van der Waals surface area (Å²) < 4.78 is 1.94. The summed E-state index contributed by atoms with van der Waals surface area (Å²) in [5.74, 6) is 0.130. The second-order valence-corrected chi connectivity index (χ2v) is 10.2. The smallest absolute Gasteiger partial charge is 0.274 e. The maximum Gasteiger partial charge on any atom is 0.274 e. The Morgan fingerprint density at radius 3 is 2.73 bits per heavy atom. The van der Waals surface area contributed by atoms with Crippen molar-refractivity contribution >= 4 is 17.2 Å². The van der Waals surface area contributed by atoms with Gasteiger partial charge in [-0.3, -0.25) is 9.48 Å². The lowest BCUT2D eigenvalue weighted by Crippen LogP contribution is -2.37. The van der Waals surface area contributed by atoms with Gasteiger partial charge in [-0.2, -0.15) is 5.10 Å². The summed E-state index contributed by atoms with van der Waals surface area (Å²) in [6.07, 6.45) is 8.51. The fourth-order valence-electron chi connectivity index (χ4n) is 5.11. The second-order valence-electron chi connectivity index (χ2n) is 9.24. The van der Waals surface area contributed by atoms with Gasteiger partial charge in [-0.15, -0.1) is 11.3 Å². The van der Waals surface area contributed by atoms with Crippen LogP contribution in [-0.4, -0.2) is 51.2 Å². The van der Waals surface area contributed by atoms with Gasteiger partial charge in [0.1, 0.15) is 0 Å². The number of aromatic nitrogens is 3. The highest BCUT2D eigenvalue weighted by Gasteiger charge is 2.30. The monoisotopic (exact) mass is 463 g/mol. The highest BCUT2D eigenvalue weighted by molar-refractivity contribution is 7.09. The minimum absolute atomic E-state index is 0.130. The van der Waals surface area contributed by atoms with Gasteiger partial charge >= 0.3 is 0 Å². The predicted molar refractivity (Wildman–Crippen MR) is 133 cm³/mol. The second kappa shape index (κ2) is 10.2. The maximum absolute atomic E-state index is 13.3. The van der Waals surface area contributed by atoms with Crippen LogP contribution in [0.15, 0.2) is 35.7 Å². The van der Waals surface area contributed by atoms with Crippen molar-refractivity contribution < 1.29 is 4.79 Å². The van der Waals surface area contributed by atoms with Gasteiger partial charge in [0.05, 0.1) is 10.7 Å². The Morgan fingerprint density at radius 2 is 1.94 bits per heavy atom. The fourth-order valence-corrected chi connectivity index (χ4v) is 5.92. The molecule has 1 aliphatic heterocycles. The van der Waals surface area contributed by atoms with Crippen LogP contribution < -0.4 is 5.32 Å². The lowest BCUT2D eigenvalue weighted by atomic mass is 9.91. The molecule has 0 unspecified atom stereocenters. The van der Waals surface area contributed by atoms with Gasteiger partial charge in [0.2, 0.25) is 0 Å². The summed E-state index contributed by atoms with van der Waals surface area (Å²) >= 11 is 1.73. The molecular formula is C26H33N5OS. The summed E-state index contributed by atoms with van der Waals surface area (Å²) in [6.45, 7) is 2.63. The van der Waals surface area contributed by atoms with E-state index in [1.54, 1.807) is 11.3 Å². The van der Waals surface area contributed by atoms with Crippen LogP contribution in [0.4, 0.5) is 0 Å². The SMILES string of the molecule is Cn1nc(C(=O)N2CCCCCC2)c2c1CC[C@H](NCCc1nc(-c3ccccc3)cs1)C2. The van der Waals surface area contributed by atoms with Crippen molar-refractivity contribution in [3.05, 3.63) is 57.7 Å². The van der Waals surface area contributed by atoms with Gasteiger partial charge in [-0.1, -0.05) is 43.2 Å². The number of carbonyl (C=O) groups excluding carboxylic acids is 1. The Kier molecular flexibility index (Phi) is 6.88. The molecular weight excluding hydrogens is 430 g/mol. The van der Waals surface area contributed by atoms with Crippen LogP contribution in [0.3, 0.4) is 0 Å². The quantitative estimate of drug-likeness (QED) is 0.594. The van der Waals surface area contributed by atoms with E-state index in [0.717, 1.165) is 74.4 Å². The summed E-state index contributed by atoms with van der Waals surface area (Å²) in [5, 5.41) is 11.7. The van der Waals surface area contributed by atoms with Crippen LogP contribution in [0.5, 0.6) is 0 Å². The fraction of sp³-hybridized carbons (Fsp3) is 0.500. The van der Waals surface area contributed by atoms with E-state index in [-0.39, 0.29) is 5.91 Å². The summed E-state index contributed by atoms with van der Waals surface area (Å²) in [7, 11) is 1.98. The van der Waals surface area contributed by atoms with E-state index < -0.39 is 0 Å². The zero-order valence-electron chi connectivity index (χ0n) is 19.4. The first-order chi connectivity index (χ1) is 16.2. The van der Waals surface area contributed by atoms with E-state index in [1.807, 2.05) is 22.7 Å². The van der Waals surface area contributed by atoms with Crippen molar-refractivity contribution in [2.45, 2.75) is 57.4 Å². The van der Waals surface area contributed by atoms with Crippen LogP contribution in [0.1, 0.15) is 58.9 Å². The first kappa shape index (κ1) is 22.3. The number of thiazole rings is 1. The number of benzene rings is 1. The number of aryl methyl sites for hydroxylation is 1. The van der Waals surface area contributed by atoms with Gasteiger partial charge in [0.25, 0.3) is 5.91 Å². The average molecular weight is 464 g/mol. The van der Waals surface area contributed by atoms with Crippen molar-refractivity contribution in [1.82, 2.24) is 25.0 Å². The predicted octanol–water partition coefficient (Wildman–Crippen LogP) is 4.25. The lowest BCUT2D eigenvalue weighted by Gasteiger charge is -2.25. The van der Waals surface area contributed by atoms with E-state index in [9.17, 15) is 4.79 Å². The van der Waals surface area contributed by atoms with Gasteiger partial charge in [-0.05, 0) is 32.1 Å². The molecule has 1 amide bonds. The molecule has 1 saturated heterocycles. The molecule has 6 nitrogen and oxygen atoms in total. The normalized spacial score (nSPS) is 18.7. The van der Waals surface area contributed by atoms with Crippen LogP contribution in [0.2, 0.25) is 0 Å². The highest BCUT2D eigenvalue weighted by Crippen LogP contribution is 2.26. The van der Waals surface area contributed by atoms with Crippen molar-refractivity contribution in [3.8, 4) is 11.3 Å². The maximum atomic E-state index is 13.3. The van der Waals surface area contributed by atoms with Crippen molar-refractivity contribution in [1.29, 1.82) is 0 Å². The first-order valence-corrected chi connectivity index (χ1v) is 13.1. The number of amides is 1. The molecule has 1 atom stereocenters. The Labute approximate surface area is 200 Å². The molecule has 1 aliphatic carbocycles. The minimum atomic E-state index is 0.130. The molecule has 1 fully saturated rings. The number of nitrogens with one attached hydrogen (secondary N) is 1. The van der Waals surface area contributed by atoms with Crippen LogP contribution >= 0.6 is 11.3 Å². The topological polar surface area (TPSA) is 63.1 Å².